The number of piperazine rings is 1. The van der Waals surface area contributed by atoms with Crippen LogP contribution in [0.2, 0.25) is 5.02 Å². The lowest BCUT2D eigenvalue weighted by Crippen LogP contribution is -2.48. The number of hydrogen-bond acceptors (Lipinski definition) is 3. The van der Waals surface area contributed by atoms with Gasteiger partial charge in [-0.15, -0.1) is 0 Å². The highest BCUT2D eigenvalue weighted by molar-refractivity contribution is 6.31. The molecule has 5 nitrogen and oxygen atoms in total. The number of rotatable bonds is 3. The Balaban J connectivity index is 1.56. The van der Waals surface area contributed by atoms with E-state index in [2.05, 4.69) is 11.0 Å². The fourth-order valence-corrected chi connectivity index (χ4v) is 3.20. The summed E-state index contributed by atoms with van der Waals surface area (Å²) in [5.74, 6) is 0.0300. The minimum Gasteiger partial charge on any atom is -0.345 e. The molecule has 1 aromatic carbocycles. The van der Waals surface area contributed by atoms with Crippen LogP contribution in [0.4, 0.5) is 0 Å². The third-order valence-electron chi connectivity index (χ3n) is 4.34. The highest BCUT2D eigenvalue weighted by atomic mass is 35.5. The van der Waals surface area contributed by atoms with Gasteiger partial charge in [-0.3, -0.25) is 9.69 Å². The van der Waals surface area contributed by atoms with Crippen LogP contribution in [-0.2, 0) is 13.6 Å². The summed E-state index contributed by atoms with van der Waals surface area (Å²) >= 11 is 5.96. The molecule has 0 bridgehead atoms. The van der Waals surface area contributed by atoms with Gasteiger partial charge >= 0.3 is 0 Å². The van der Waals surface area contributed by atoms with Gasteiger partial charge in [0, 0.05) is 46.0 Å². The van der Waals surface area contributed by atoms with Gasteiger partial charge in [0.05, 0.1) is 16.7 Å². The van der Waals surface area contributed by atoms with E-state index in [0.29, 0.717) is 29.4 Å². The first-order valence-corrected chi connectivity index (χ1v) is 8.27. The number of hydrogen-bond donors (Lipinski definition) is 0. The van der Waals surface area contributed by atoms with Gasteiger partial charge in [-0.2, -0.15) is 5.26 Å². The monoisotopic (exact) mass is 342 g/mol. The van der Waals surface area contributed by atoms with E-state index < -0.39 is 0 Å². The standard InChI is InChI=1S/C18H19ClN4O/c1-21-13-16(19)10-17(21)18(24)23-8-6-22(7-9-23)12-15-4-2-14(11-20)3-5-15/h2-5,10,13H,6-9,12H2,1H3. The summed E-state index contributed by atoms with van der Waals surface area (Å²) in [4.78, 5) is 16.8. The van der Waals surface area contributed by atoms with Crippen molar-refractivity contribution in [3.8, 4) is 6.07 Å². The van der Waals surface area contributed by atoms with Crippen LogP contribution in [0, 0.1) is 11.3 Å². The zero-order chi connectivity index (χ0) is 17.1. The zero-order valence-corrected chi connectivity index (χ0v) is 14.3. The van der Waals surface area contributed by atoms with Gasteiger partial charge in [0.1, 0.15) is 5.69 Å². The number of benzene rings is 1. The van der Waals surface area contributed by atoms with E-state index >= 15 is 0 Å². The number of nitriles is 1. The molecule has 2 heterocycles. The third-order valence-corrected chi connectivity index (χ3v) is 4.55. The highest BCUT2D eigenvalue weighted by Gasteiger charge is 2.24. The van der Waals surface area contributed by atoms with E-state index in [1.807, 2.05) is 36.2 Å². The predicted molar refractivity (Wildman–Crippen MR) is 92.8 cm³/mol. The summed E-state index contributed by atoms with van der Waals surface area (Å²) in [5.41, 5.74) is 2.49. The molecule has 1 aromatic heterocycles. The van der Waals surface area contributed by atoms with Crippen molar-refractivity contribution in [2.75, 3.05) is 26.2 Å². The van der Waals surface area contributed by atoms with Gasteiger partial charge in [0.15, 0.2) is 0 Å². The minimum absolute atomic E-state index is 0.0300. The first kappa shape index (κ1) is 16.6. The van der Waals surface area contributed by atoms with Crippen LogP contribution in [0.25, 0.3) is 0 Å². The number of amides is 1. The summed E-state index contributed by atoms with van der Waals surface area (Å²) in [6.45, 7) is 3.92. The molecule has 0 aliphatic carbocycles. The molecular formula is C18H19ClN4O. The van der Waals surface area contributed by atoms with Crippen molar-refractivity contribution >= 4 is 17.5 Å². The maximum atomic E-state index is 12.6. The highest BCUT2D eigenvalue weighted by Crippen LogP contribution is 2.16. The summed E-state index contributed by atoms with van der Waals surface area (Å²) in [7, 11) is 1.83. The molecule has 0 N–H and O–H groups in total. The van der Waals surface area contributed by atoms with Crippen molar-refractivity contribution in [3.63, 3.8) is 0 Å². The Morgan fingerprint density at radius 1 is 1.21 bits per heavy atom. The molecule has 1 fully saturated rings. The van der Waals surface area contributed by atoms with Gasteiger partial charge in [0.2, 0.25) is 0 Å². The van der Waals surface area contributed by atoms with Crippen LogP contribution < -0.4 is 0 Å². The SMILES string of the molecule is Cn1cc(Cl)cc1C(=O)N1CCN(Cc2ccc(C#N)cc2)CC1. The topological polar surface area (TPSA) is 52.3 Å². The van der Waals surface area contributed by atoms with E-state index in [4.69, 9.17) is 16.9 Å². The van der Waals surface area contributed by atoms with Crippen molar-refractivity contribution in [1.29, 1.82) is 5.26 Å². The average Bonchev–Trinajstić information content (AvgIpc) is 2.94. The largest absolute Gasteiger partial charge is 0.345 e. The average molecular weight is 343 g/mol. The Morgan fingerprint density at radius 3 is 2.42 bits per heavy atom. The molecule has 0 unspecified atom stereocenters. The number of carbonyl (C=O) groups is 1. The zero-order valence-electron chi connectivity index (χ0n) is 13.6. The van der Waals surface area contributed by atoms with E-state index in [1.54, 1.807) is 16.8 Å². The third kappa shape index (κ3) is 3.61. The van der Waals surface area contributed by atoms with Gasteiger partial charge in [-0.1, -0.05) is 23.7 Å². The van der Waals surface area contributed by atoms with Gasteiger partial charge in [-0.25, -0.2) is 0 Å². The van der Waals surface area contributed by atoms with Crippen LogP contribution in [0.15, 0.2) is 36.5 Å². The van der Waals surface area contributed by atoms with Gasteiger partial charge < -0.3 is 9.47 Å². The molecule has 2 aromatic rings. The Labute approximate surface area is 146 Å². The molecule has 24 heavy (non-hydrogen) atoms. The van der Waals surface area contributed by atoms with Crippen molar-refractivity contribution in [2.24, 2.45) is 7.05 Å². The van der Waals surface area contributed by atoms with Gasteiger partial charge in [-0.05, 0) is 23.8 Å². The molecule has 0 radical (unpaired) electrons. The Kier molecular flexibility index (Phi) is 4.89. The lowest BCUT2D eigenvalue weighted by atomic mass is 10.1. The smallest absolute Gasteiger partial charge is 0.270 e. The van der Waals surface area contributed by atoms with E-state index in [1.165, 1.54) is 5.56 Å². The van der Waals surface area contributed by atoms with Crippen LogP contribution in [0.1, 0.15) is 21.6 Å². The minimum atomic E-state index is 0.0300. The molecule has 1 amide bonds. The maximum absolute atomic E-state index is 12.6. The second-order valence-corrected chi connectivity index (χ2v) is 6.47. The number of halogens is 1. The molecule has 0 saturated carbocycles. The predicted octanol–water partition coefficient (Wildman–Crippen LogP) is 2.51. The van der Waals surface area contributed by atoms with Gasteiger partial charge in [0.25, 0.3) is 5.91 Å². The molecule has 6 heteroatoms. The number of aromatic nitrogens is 1. The molecule has 1 aliphatic heterocycles. The number of aryl methyl sites for hydroxylation is 1. The van der Waals surface area contributed by atoms with Crippen molar-refractivity contribution in [2.45, 2.75) is 6.54 Å². The van der Waals surface area contributed by atoms with Crippen LogP contribution in [0.3, 0.4) is 0 Å². The second-order valence-electron chi connectivity index (χ2n) is 6.03. The van der Waals surface area contributed by atoms with E-state index in [-0.39, 0.29) is 5.91 Å². The van der Waals surface area contributed by atoms with Crippen LogP contribution in [-0.4, -0.2) is 46.5 Å². The fourth-order valence-electron chi connectivity index (χ4n) is 2.95. The summed E-state index contributed by atoms with van der Waals surface area (Å²) in [6.07, 6.45) is 1.75. The summed E-state index contributed by atoms with van der Waals surface area (Å²) < 4.78 is 1.77. The Morgan fingerprint density at radius 2 is 1.88 bits per heavy atom. The Hall–Kier alpha value is -2.29. The lowest BCUT2D eigenvalue weighted by molar-refractivity contribution is 0.0619. The van der Waals surface area contributed by atoms with E-state index in [0.717, 1.165) is 19.6 Å². The first-order chi connectivity index (χ1) is 11.6. The molecule has 124 valence electrons. The summed E-state index contributed by atoms with van der Waals surface area (Å²) in [6, 6.07) is 11.5. The Bertz CT molecular complexity index is 767. The molecule has 3 rings (SSSR count). The van der Waals surface area contributed by atoms with Crippen molar-refractivity contribution in [1.82, 2.24) is 14.4 Å². The van der Waals surface area contributed by atoms with Crippen molar-refractivity contribution in [3.05, 3.63) is 58.4 Å². The first-order valence-electron chi connectivity index (χ1n) is 7.89. The number of nitrogens with zero attached hydrogens (tertiary/aromatic N) is 4. The molecule has 1 aliphatic rings. The van der Waals surface area contributed by atoms with E-state index in [9.17, 15) is 4.79 Å². The maximum Gasteiger partial charge on any atom is 0.270 e. The number of carbonyl (C=O) groups excluding carboxylic acids is 1. The molecule has 0 spiro atoms. The molecule has 0 atom stereocenters. The van der Waals surface area contributed by atoms with Crippen molar-refractivity contribution < 1.29 is 4.79 Å². The molecular weight excluding hydrogens is 324 g/mol. The van der Waals surface area contributed by atoms with Crippen LogP contribution >= 0.6 is 11.6 Å². The quantitative estimate of drug-likeness (QED) is 0.861. The fraction of sp³-hybridized carbons (Fsp3) is 0.333. The van der Waals surface area contributed by atoms with Crippen LogP contribution in [0.5, 0.6) is 0 Å². The normalized spacial score (nSPS) is 15.3. The second kappa shape index (κ2) is 7.08. The molecule has 1 saturated heterocycles. The lowest BCUT2D eigenvalue weighted by Gasteiger charge is -2.34. The summed E-state index contributed by atoms with van der Waals surface area (Å²) in [5, 5.41) is 9.42.